The maximum absolute atomic E-state index is 13.3. The molecule has 3 aromatic rings. The fourth-order valence-electron chi connectivity index (χ4n) is 5.50. The second kappa shape index (κ2) is 9.81. The topological polar surface area (TPSA) is 66.8 Å². The molecule has 0 saturated heterocycles. The minimum Gasteiger partial charge on any atom is -0.493 e. The van der Waals surface area contributed by atoms with E-state index in [9.17, 15) is 14.7 Å². The highest BCUT2D eigenvalue weighted by Gasteiger charge is 2.26. The summed E-state index contributed by atoms with van der Waals surface area (Å²) in [6.07, 6.45) is 2.74. The number of carbonyl (C=O) groups excluding carboxylic acids is 1. The third-order valence-corrected chi connectivity index (χ3v) is 7.74. The standard InChI is InChI=1S/C31H33NO4/c1-19-6-7-25(13-20(19)2)31(35)32-11-10-22-8-9-23(15-26(22)18-32)28(17-30(33)34)27-16-24-5-4-12-36-29(24)14-21(27)3/h6-9,13-16,28H,4-5,10-12,17-18H2,1-3H3,(H,33,34). The van der Waals surface area contributed by atoms with E-state index in [1.54, 1.807) is 0 Å². The van der Waals surface area contributed by atoms with Crippen molar-refractivity contribution in [3.05, 3.63) is 98.6 Å². The van der Waals surface area contributed by atoms with Gasteiger partial charge >= 0.3 is 5.97 Å². The summed E-state index contributed by atoms with van der Waals surface area (Å²) in [5.74, 6) is -0.118. The predicted molar refractivity (Wildman–Crippen MR) is 140 cm³/mol. The lowest BCUT2D eigenvalue weighted by Gasteiger charge is -2.30. The average Bonchev–Trinajstić information content (AvgIpc) is 2.87. The molecule has 2 heterocycles. The SMILES string of the molecule is Cc1ccc(C(=O)N2CCc3ccc(C(CC(=O)O)c4cc5c(cc4C)OCCC5)cc3C2)cc1C. The second-order valence-corrected chi connectivity index (χ2v) is 10.2. The summed E-state index contributed by atoms with van der Waals surface area (Å²) < 4.78 is 5.83. The van der Waals surface area contributed by atoms with Gasteiger partial charge in [-0.15, -0.1) is 0 Å². The molecule has 3 aromatic carbocycles. The van der Waals surface area contributed by atoms with Gasteiger partial charge in [-0.2, -0.15) is 0 Å². The first-order valence-corrected chi connectivity index (χ1v) is 12.8. The van der Waals surface area contributed by atoms with Gasteiger partial charge in [0.2, 0.25) is 0 Å². The van der Waals surface area contributed by atoms with E-state index in [-0.39, 0.29) is 18.2 Å². The fourth-order valence-corrected chi connectivity index (χ4v) is 5.50. The Hall–Kier alpha value is -3.60. The van der Waals surface area contributed by atoms with E-state index in [1.165, 1.54) is 11.1 Å². The van der Waals surface area contributed by atoms with Crippen LogP contribution in [0, 0.1) is 20.8 Å². The lowest BCUT2D eigenvalue weighted by Crippen LogP contribution is -2.36. The van der Waals surface area contributed by atoms with E-state index in [4.69, 9.17) is 4.74 Å². The molecular formula is C31H33NO4. The molecule has 0 spiro atoms. The maximum Gasteiger partial charge on any atom is 0.304 e. The monoisotopic (exact) mass is 483 g/mol. The number of aliphatic carboxylic acids is 1. The molecule has 0 saturated carbocycles. The second-order valence-electron chi connectivity index (χ2n) is 10.2. The van der Waals surface area contributed by atoms with E-state index in [0.717, 1.165) is 65.0 Å². The Morgan fingerprint density at radius 3 is 2.53 bits per heavy atom. The van der Waals surface area contributed by atoms with Gasteiger partial charge in [-0.3, -0.25) is 9.59 Å². The molecule has 5 heteroatoms. The highest BCUT2D eigenvalue weighted by Crippen LogP contribution is 2.37. The minimum absolute atomic E-state index is 0.0184. The predicted octanol–water partition coefficient (Wildman–Crippen LogP) is 5.74. The van der Waals surface area contributed by atoms with Crippen molar-refractivity contribution in [2.75, 3.05) is 13.2 Å². The number of hydrogen-bond acceptors (Lipinski definition) is 3. The summed E-state index contributed by atoms with van der Waals surface area (Å²) in [5, 5.41) is 9.78. The number of hydrogen-bond donors (Lipinski definition) is 1. The average molecular weight is 484 g/mol. The van der Waals surface area contributed by atoms with Crippen LogP contribution < -0.4 is 4.74 Å². The van der Waals surface area contributed by atoms with Crippen LogP contribution in [0.15, 0.2) is 48.5 Å². The Bertz CT molecular complexity index is 1340. The first-order chi connectivity index (χ1) is 17.3. The molecular weight excluding hydrogens is 450 g/mol. The summed E-state index contributed by atoms with van der Waals surface area (Å²) in [6, 6.07) is 16.4. The lowest BCUT2D eigenvalue weighted by molar-refractivity contribution is -0.137. The number of carboxylic acid groups (broad SMARTS) is 1. The summed E-state index contributed by atoms with van der Waals surface area (Å²) in [5.41, 5.74) is 9.56. The quantitative estimate of drug-likeness (QED) is 0.502. The summed E-state index contributed by atoms with van der Waals surface area (Å²) in [4.78, 5) is 27.1. The van der Waals surface area contributed by atoms with Crippen molar-refractivity contribution in [1.82, 2.24) is 4.90 Å². The molecule has 5 rings (SSSR count). The van der Waals surface area contributed by atoms with Crippen LogP contribution >= 0.6 is 0 Å². The number of nitrogens with zero attached hydrogens (tertiary/aromatic N) is 1. The maximum atomic E-state index is 13.3. The molecule has 36 heavy (non-hydrogen) atoms. The van der Waals surface area contributed by atoms with Crippen molar-refractivity contribution in [2.24, 2.45) is 0 Å². The zero-order valence-corrected chi connectivity index (χ0v) is 21.3. The molecule has 0 bridgehead atoms. The lowest BCUT2D eigenvalue weighted by atomic mass is 9.82. The van der Waals surface area contributed by atoms with E-state index in [2.05, 4.69) is 30.3 Å². The molecule has 1 atom stereocenters. The molecule has 0 radical (unpaired) electrons. The van der Waals surface area contributed by atoms with Crippen LogP contribution in [0.25, 0.3) is 0 Å². The number of benzene rings is 3. The van der Waals surface area contributed by atoms with Crippen molar-refractivity contribution >= 4 is 11.9 Å². The third-order valence-electron chi connectivity index (χ3n) is 7.74. The largest absolute Gasteiger partial charge is 0.493 e. The van der Waals surface area contributed by atoms with Crippen molar-refractivity contribution in [2.45, 2.75) is 58.9 Å². The van der Waals surface area contributed by atoms with E-state index in [0.29, 0.717) is 18.7 Å². The zero-order chi connectivity index (χ0) is 25.4. The van der Waals surface area contributed by atoms with Gasteiger partial charge in [0.1, 0.15) is 5.75 Å². The molecule has 2 aliphatic rings. The summed E-state index contributed by atoms with van der Waals surface area (Å²) in [6.45, 7) is 8.05. The van der Waals surface area contributed by atoms with Crippen LogP contribution in [0.4, 0.5) is 0 Å². The number of aryl methyl sites for hydroxylation is 4. The molecule has 5 nitrogen and oxygen atoms in total. The van der Waals surface area contributed by atoms with Crippen molar-refractivity contribution in [1.29, 1.82) is 0 Å². The Kier molecular flexibility index (Phi) is 6.57. The Morgan fingerprint density at radius 1 is 0.917 bits per heavy atom. The van der Waals surface area contributed by atoms with Gasteiger partial charge in [0.15, 0.2) is 0 Å². The Balaban J connectivity index is 1.46. The Morgan fingerprint density at radius 2 is 1.75 bits per heavy atom. The van der Waals surface area contributed by atoms with Gasteiger partial charge in [-0.25, -0.2) is 0 Å². The highest BCUT2D eigenvalue weighted by atomic mass is 16.5. The van der Waals surface area contributed by atoms with Crippen molar-refractivity contribution in [3.8, 4) is 5.75 Å². The van der Waals surface area contributed by atoms with Gasteiger partial charge in [0.25, 0.3) is 5.91 Å². The number of carboxylic acids is 1. The number of rotatable bonds is 5. The van der Waals surface area contributed by atoms with Crippen LogP contribution in [0.2, 0.25) is 0 Å². The van der Waals surface area contributed by atoms with E-state index < -0.39 is 5.97 Å². The van der Waals surface area contributed by atoms with Crippen LogP contribution in [-0.4, -0.2) is 35.0 Å². The molecule has 0 aliphatic carbocycles. The normalized spacial score (nSPS) is 15.5. The van der Waals surface area contributed by atoms with Crippen LogP contribution in [0.3, 0.4) is 0 Å². The molecule has 1 N–H and O–H groups in total. The van der Waals surface area contributed by atoms with Gasteiger partial charge < -0.3 is 14.7 Å². The van der Waals surface area contributed by atoms with E-state index in [1.807, 2.05) is 43.9 Å². The number of carbonyl (C=O) groups is 2. The van der Waals surface area contributed by atoms with Crippen LogP contribution in [0.1, 0.15) is 73.6 Å². The fraction of sp³-hybridized carbons (Fsp3) is 0.355. The molecule has 1 unspecified atom stereocenters. The molecule has 1 amide bonds. The number of ether oxygens (including phenoxy) is 1. The van der Waals surface area contributed by atoms with Gasteiger partial charge in [0, 0.05) is 24.6 Å². The van der Waals surface area contributed by atoms with E-state index >= 15 is 0 Å². The van der Waals surface area contributed by atoms with Crippen LogP contribution in [-0.2, 0) is 24.2 Å². The minimum atomic E-state index is -0.822. The number of amides is 1. The van der Waals surface area contributed by atoms with Crippen molar-refractivity contribution in [3.63, 3.8) is 0 Å². The first kappa shape index (κ1) is 24.1. The van der Waals surface area contributed by atoms with Crippen LogP contribution in [0.5, 0.6) is 5.75 Å². The highest BCUT2D eigenvalue weighted by molar-refractivity contribution is 5.94. The molecule has 2 aliphatic heterocycles. The van der Waals surface area contributed by atoms with Gasteiger partial charge in [0.05, 0.1) is 13.0 Å². The molecule has 0 aromatic heterocycles. The van der Waals surface area contributed by atoms with Gasteiger partial charge in [-0.05, 0) is 103 Å². The summed E-state index contributed by atoms with van der Waals surface area (Å²) in [7, 11) is 0. The first-order valence-electron chi connectivity index (χ1n) is 12.8. The smallest absolute Gasteiger partial charge is 0.304 e. The molecule has 186 valence electrons. The summed E-state index contributed by atoms with van der Waals surface area (Å²) >= 11 is 0. The molecule has 0 fully saturated rings. The number of fused-ring (bicyclic) bond motifs is 2. The Labute approximate surface area is 212 Å². The van der Waals surface area contributed by atoms with Gasteiger partial charge in [-0.1, -0.05) is 30.3 Å². The third kappa shape index (κ3) is 4.75. The van der Waals surface area contributed by atoms with Crippen molar-refractivity contribution < 1.29 is 19.4 Å². The zero-order valence-electron chi connectivity index (χ0n) is 21.3.